The van der Waals surface area contributed by atoms with Crippen LogP contribution in [0.15, 0.2) is 0 Å². The minimum absolute atomic E-state index is 0.0258. The van der Waals surface area contributed by atoms with Crippen molar-refractivity contribution in [2.45, 2.75) is 51.1 Å². The van der Waals surface area contributed by atoms with Crippen molar-refractivity contribution < 1.29 is 9.53 Å². The van der Waals surface area contributed by atoms with Crippen molar-refractivity contribution in [2.75, 3.05) is 26.3 Å². The second-order valence-corrected chi connectivity index (χ2v) is 5.39. The van der Waals surface area contributed by atoms with Crippen LogP contribution in [-0.2, 0) is 9.53 Å². The van der Waals surface area contributed by atoms with E-state index in [0.29, 0.717) is 5.91 Å². The Morgan fingerprint density at radius 1 is 1.47 bits per heavy atom. The lowest BCUT2D eigenvalue weighted by atomic mass is 9.90. The van der Waals surface area contributed by atoms with Gasteiger partial charge in [-0.15, -0.1) is 0 Å². The highest BCUT2D eigenvalue weighted by molar-refractivity contribution is 5.84. The van der Waals surface area contributed by atoms with Gasteiger partial charge in [-0.2, -0.15) is 0 Å². The van der Waals surface area contributed by atoms with Gasteiger partial charge in [-0.1, -0.05) is 6.92 Å². The van der Waals surface area contributed by atoms with Crippen molar-refractivity contribution in [2.24, 2.45) is 0 Å². The lowest BCUT2D eigenvalue weighted by molar-refractivity contribution is -0.137. The van der Waals surface area contributed by atoms with Crippen LogP contribution >= 0.6 is 0 Å². The van der Waals surface area contributed by atoms with Gasteiger partial charge in [-0.05, 0) is 39.2 Å². The fourth-order valence-corrected chi connectivity index (χ4v) is 2.80. The van der Waals surface area contributed by atoms with Crippen LogP contribution in [0.2, 0.25) is 0 Å². The number of ether oxygens (including phenoxy) is 1. The summed E-state index contributed by atoms with van der Waals surface area (Å²) in [6.45, 7) is 7.74. The van der Waals surface area contributed by atoms with Gasteiger partial charge in [0.15, 0.2) is 0 Å². The number of rotatable bonds is 4. The predicted octanol–water partition coefficient (Wildman–Crippen LogP) is 1.16. The average Bonchev–Trinajstić information content (AvgIpc) is 2.70. The van der Waals surface area contributed by atoms with Gasteiger partial charge in [0.25, 0.3) is 0 Å². The molecule has 4 heteroatoms. The zero-order valence-electron chi connectivity index (χ0n) is 11.0. The van der Waals surface area contributed by atoms with Crippen molar-refractivity contribution in [3.05, 3.63) is 0 Å². The van der Waals surface area contributed by atoms with Crippen LogP contribution in [0.1, 0.15) is 39.5 Å². The third kappa shape index (κ3) is 2.63. The Morgan fingerprint density at radius 3 is 2.82 bits per heavy atom. The number of carbonyl (C=O) groups is 1. The van der Waals surface area contributed by atoms with Crippen molar-refractivity contribution in [3.63, 3.8) is 0 Å². The highest BCUT2D eigenvalue weighted by Crippen LogP contribution is 2.31. The molecule has 0 saturated carbocycles. The fraction of sp³-hybridized carbons (Fsp3) is 0.923. The van der Waals surface area contributed by atoms with Gasteiger partial charge in [0.1, 0.15) is 0 Å². The second kappa shape index (κ2) is 5.36. The highest BCUT2D eigenvalue weighted by atomic mass is 16.5. The third-order valence-electron chi connectivity index (χ3n) is 4.07. The molecule has 2 aliphatic rings. The molecule has 17 heavy (non-hydrogen) atoms. The number of hydrogen-bond donors (Lipinski definition) is 1. The summed E-state index contributed by atoms with van der Waals surface area (Å²) in [7, 11) is 0. The van der Waals surface area contributed by atoms with E-state index in [9.17, 15) is 4.79 Å². The van der Waals surface area contributed by atoms with E-state index in [2.05, 4.69) is 24.1 Å². The highest BCUT2D eigenvalue weighted by Gasteiger charge is 2.42. The van der Waals surface area contributed by atoms with Gasteiger partial charge >= 0.3 is 0 Å². The molecule has 2 aliphatic heterocycles. The van der Waals surface area contributed by atoms with Gasteiger partial charge in [0.05, 0.1) is 6.04 Å². The van der Waals surface area contributed by atoms with Gasteiger partial charge in [0.2, 0.25) is 5.91 Å². The molecule has 0 spiro atoms. The topological polar surface area (TPSA) is 41.6 Å². The monoisotopic (exact) mass is 240 g/mol. The largest absolute Gasteiger partial charge is 0.381 e. The molecular weight excluding hydrogens is 216 g/mol. The zero-order chi connectivity index (χ0) is 12.3. The van der Waals surface area contributed by atoms with Crippen LogP contribution in [0.25, 0.3) is 0 Å². The van der Waals surface area contributed by atoms with Crippen LogP contribution in [0.5, 0.6) is 0 Å². The number of hydrogen-bond acceptors (Lipinski definition) is 3. The second-order valence-electron chi connectivity index (χ2n) is 5.39. The molecule has 0 aromatic carbocycles. The van der Waals surface area contributed by atoms with E-state index in [1.165, 1.54) is 0 Å². The summed E-state index contributed by atoms with van der Waals surface area (Å²) in [5.41, 5.74) is 0.0258. The molecule has 0 bridgehead atoms. The lowest BCUT2D eigenvalue weighted by Crippen LogP contribution is -2.52. The maximum atomic E-state index is 12.3. The molecule has 0 aliphatic carbocycles. The molecule has 1 N–H and O–H groups in total. The van der Waals surface area contributed by atoms with Crippen molar-refractivity contribution in [1.82, 2.24) is 10.2 Å². The summed E-state index contributed by atoms with van der Waals surface area (Å²) in [6, 6.07) is 0.0506. The van der Waals surface area contributed by atoms with Crippen LogP contribution in [0, 0.1) is 0 Å². The van der Waals surface area contributed by atoms with Crippen LogP contribution in [0.3, 0.4) is 0 Å². The smallest absolute Gasteiger partial charge is 0.240 e. The number of nitrogens with zero attached hydrogens (tertiary/aromatic N) is 1. The Morgan fingerprint density at radius 2 is 2.18 bits per heavy atom. The third-order valence-corrected chi connectivity index (χ3v) is 4.07. The summed E-state index contributed by atoms with van der Waals surface area (Å²) in [6.07, 6.45) is 3.97. The Hall–Kier alpha value is -0.610. The van der Waals surface area contributed by atoms with Crippen LogP contribution < -0.4 is 5.32 Å². The summed E-state index contributed by atoms with van der Waals surface area (Å²) in [4.78, 5) is 14.4. The molecule has 2 rings (SSSR count). The first-order valence-corrected chi connectivity index (χ1v) is 6.80. The van der Waals surface area contributed by atoms with Gasteiger partial charge in [0, 0.05) is 25.3 Å². The summed E-state index contributed by atoms with van der Waals surface area (Å²) in [5.74, 6) is 0.294. The van der Waals surface area contributed by atoms with E-state index in [0.717, 1.165) is 52.0 Å². The van der Waals surface area contributed by atoms with Gasteiger partial charge in [-0.3, -0.25) is 4.79 Å². The summed E-state index contributed by atoms with van der Waals surface area (Å²) >= 11 is 0. The summed E-state index contributed by atoms with van der Waals surface area (Å²) < 4.78 is 5.40. The maximum absolute atomic E-state index is 12.3. The van der Waals surface area contributed by atoms with E-state index in [-0.39, 0.29) is 11.6 Å². The quantitative estimate of drug-likeness (QED) is 0.801. The van der Waals surface area contributed by atoms with Crippen LogP contribution in [-0.4, -0.2) is 48.7 Å². The molecule has 0 aromatic rings. The first-order chi connectivity index (χ1) is 8.17. The minimum Gasteiger partial charge on any atom is -0.381 e. The fourth-order valence-electron chi connectivity index (χ4n) is 2.80. The van der Waals surface area contributed by atoms with Gasteiger partial charge < -0.3 is 15.0 Å². The Kier molecular flexibility index (Phi) is 4.05. The van der Waals surface area contributed by atoms with E-state index in [1.54, 1.807) is 0 Å². The van der Waals surface area contributed by atoms with E-state index >= 15 is 0 Å². The molecule has 2 heterocycles. The summed E-state index contributed by atoms with van der Waals surface area (Å²) in [5, 5.41) is 3.34. The van der Waals surface area contributed by atoms with Crippen molar-refractivity contribution in [1.29, 1.82) is 0 Å². The van der Waals surface area contributed by atoms with Crippen LogP contribution in [0.4, 0.5) is 0 Å². The Bertz CT molecular complexity index is 275. The standard InChI is InChI=1S/C13H24N2O2/c1-3-7-14-11-4-8-15(12(11)16)13(2)5-9-17-10-6-13/h11,14H,3-10H2,1-2H3. The number of likely N-dealkylation sites (tertiary alicyclic amines) is 1. The molecule has 1 amide bonds. The molecule has 1 atom stereocenters. The maximum Gasteiger partial charge on any atom is 0.240 e. The molecule has 2 saturated heterocycles. The lowest BCUT2D eigenvalue weighted by Gasteiger charge is -2.41. The number of nitrogens with one attached hydrogen (secondary N) is 1. The molecule has 98 valence electrons. The number of carbonyl (C=O) groups excluding carboxylic acids is 1. The first-order valence-electron chi connectivity index (χ1n) is 6.80. The van der Waals surface area contributed by atoms with E-state index in [4.69, 9.17) is 4.74 Å². The average molecular weight is 240 g/mol. The minimum atomic E-state index is 0.0258. The van der Waals surface area contributed by atoms with Crippen molar-refractivity contribution >= 4 is 5.91 Å². The zero-order valence-corrected chi connectivity index (χ0v) is 11.0. The molecule has 2 fully saturated rings. The van der Waals surface area contributed by atoms with Gasteiger partial charge in [-0.25, -0.2) is 0 Å². The van der Waals surface area contributed by atoms with Crippen molar-refractivity contribution in [3.8, 4) is 0 Å². The predicted molar refractivity (Wildman–Crippen MR) is 66.9 cm³/mol. The first kappa shape index (κ1) is 12.8. The SMILES string of the molecule is CCCNC1CCN(C2(C)CCOCC2)C1=O. The Balaban J connectivity index is 1.96. The molecule has 0 aromatic heterocycles. The van der Waals surface area contributed by atoms with E-state index < -0.39 is 0 Å². The molecular formula is C13H24N2O2. The normalized spacial score (nSPS) is 28.7. The molecule has 0 radical (unpaired) electrons. The molecule has 4 nitrogen and oxygen atoms in total. The number of amides is 1. The Labute approximate surface area is 104 Å². The molecule has 1 unspecified atom stereocenters. The van der Waals surface area contributed by atoms with E-state index in [1.807, 2.05) is 0 Å².